The maximum absolute atomic E-state index is 10.2. The highest BCUT2D eigenvalue weighted by Crippen LogP contribution is 2.10. The summed E-state index contributed by atoms with van der Waals surface area (Å²) in [7, 11) is -4.23. The van der Waals surface area contributed by atoms with Crippen molar-refractivity contribution in [2.45, 2.75) is 84.0 Å². The third-order valence-electron chi connectivity index (χ3n) is 3.28. The molecule has 0 aromatic heterocycles. The Morgan fingerprint density at radius 3 is 1.44 bits per heavy atom. The summed E-state index contributed by atoms with van der Waals surface area (Å²) in [6.07, 6.45) is 11.3. The van der Waals surface area contributed by atoms with Crippen molar-refractivity contribution in [3.63, 3.8) is 0 Å². The molecule has 9 heteroatoms. The van der Waals surface area contributed by atoms with Gasteiger partial charge in [0.1, 0.15) is 0 Å². The molecule has 3 N–H and O–H groups in total. The zero-order valence-corrected chi connectivity index (χ0v) is 15.8. The molecule has 8 nitrogen and oxygen atoms in total. The van der Waals surface area contributed by atoms with E-state index in [0.717, 1.165) is 12.8 Å². The highest BCUT2D eigenvalue weighted by molar-refractivity contribution is 7.80. The van der Waals surface area contributed by atoms with Gasteiger partial charge in [-0.15, -0.1) is 0 Å². The van der Waals surface area contributed by atoms with Crippen molar-refractivity contribution in [3.8, 4) is 0 Å². The molecule has 0 aromatic rings. The molecule has 150 valence electrons. The molecule has 0 amide bonds. The lowest BCUT2D eigenvalue weighted by Crippen LogP contribution is -2.04. The molecule has 0 rings (SSSR count). The van der Waals surface area contributed by atoms with E-state index in [1.165, 1.54) is 44.9 Å². The molecule has 0 heterocycles. The van der Waals surface area contributed by atoms with Gasteiger partial charge < -0.3 is 10.2 Å². The molecular formula is C16H32O8S. The smallest absolute Gasteiger partial charge is 0.397 e. The first-order chi connectivity index (χ1) is 11.7. The number of carbonyl (C=O) groups is 2. The van der Waals surface area contributed by atoms with Crippen LogP contribution >= 0.6 is 0 Å². The predicted octanol–water partition coefficient (Wildman–Crippen LogP) is 3.66. The van der Waals surface area contributed by atoms with Crippen LogP contribution in [0.3, 0.4) is 0 Å². The number of carboxylic acid groups (broad SMARTS) is 2. The van der Waals surface area contributed by atoms with Crippen molar-refractivity contribution in [1.82, 2.24) is 0 Å². The number of hydrogen-bond acceptors (Lipinski definition) is 5. The van der Waals surface area contributed by atoms with Crippen LogP contribution in [-0.4, -0.2) is 41.7 Å². The van der Waals surface area contributed by atoms with Crippen molar-refractivity contribution < 1.29 is 37.0 Å². The average molecular weight is 384 g/mol. The highest BCUT2D eigenvalue weighted by Gasteiger charge is 2.02. The van der Waals surface area contributed by atoms with Crippen LogP contribution in [0.4, 0.5) is 0 Å². The van der Waals surface area contributed by atoms with Gasteiger partial charge in [0.2, 0.25) is 0 Å². The fourth-order valence-corrected chi connectivity index (χ4v) is 2.30. The van der Waals surface area contributed by atoms with Crippen LogP contribution in [0.25, 0.3) is 0 Å². The summed E-state index contributed by atoms with van der Waals surface area (Å²) in [4.78, 5) is 19.3. The summed E-state index contributed by atoms with van der Waals surface area (Å²) < 4.78 is 33.0. The maximum atomic E-state index is 10.2. The van der Waals surface area contributed by atoms with Gasteiger partial charge in [0.05, 0.1) is 19.4 Å². The molecule has 0 aliphatic carbocycles. The Hall–Kier alpha value is -1.19. The first-order valence-corrected chi connectivity index (χ1v) is 10.1. The molecule has 0 aromatic carbocycles. The Morgan fingerprint density at radius 2 is 1.12 bits per heavy atom. The van der Waals surface area contributed by atoms with Gasteiger partial charge in [-0.3, -0.25) is 14.1 Å². The third-order valence-corrected chi connectivity index (χ3v) is 3.75. The van der Waals surface area contributed by atoms with Crippen molar-refractivity contribution in [2.24, 2.45) is 0 Å². The van der Waals surface area contributed by atoms with E-state index in [1.54, 1.807) is 0 Å². The van der Waals surface area contributed by atoms with E-state index < -0.39 is 22.3 Å². The molecule has 0 fully saturated rings. The lowest BCUT2D eigenvalue weighted by Gasteiger charge is -2.02. The second-order valence-corrected chi connectivity index (χ2v) is 6.81. The summed E-state index contributed by atoms with van der Waals surface area (Å²) in [5.74, 6) is -2.15. The number of hydrogen-bond donors (Lipinski definition) is 3. The van der Waals surface area contributed by atoms with E-state index in [2.05, 4.69) is 11.1 Å². The number of unbranched alkanes of at least 4 members (excludes halogenated alkanes) is 9. The predicted molar refractivity (Wildman–Crippen MR) is 93.9 cm³/mol. The van der Waals surface area contributed by atoms with Gasteiger partial charge in [0.25, 0.3) is 0 Å². The molecule has 0 aliphatic heterocycles. The van der Waals surface area contributed by atoms with Crippen LogP contribution in [0.1, 0.15) is 84.0 Å². The monoisotopic (exact) mass is 384 g/mol. The van der Waals surface area contributed by atoms with E-state index in [1.807, 2.05) is 0 Å². The first kappa shape index (κ1) is 26.0. The third kappa shape index (κ3) is 31.1. The number of aliphatic carboxylic acids is 2. The van der Waals surface area contributed by atoms with Crippen molar-refractivity contribution >= 4 is 22.3 Å². The van der Waals surface area contributed by atoms with Crippen LogP contribution in [-0.2, 0) is 24.2 Å². The molecule has 0 saturated heterocycles. The van der Waals surface area contributed by atoms with Crippen LogP contribution in [0.2, 0.25) is 0 Å². The molecule has 0 bridgehead atoms. The Morgan fingerprint density at radius 1 is 0.760 bits per heavy atom. The standard InChI is InChI=1S/C12H26O4S.C4H6O4/c1-2-3-4-5-6-7-8-9-10-11-12-16-17(13,14)15;5-3(6)1-2-4(7)8/h2-12H2,1H3,(H,13,14,15);1-2H2,(H,5,6)(H,7,8). The van der Waals surface area contributed by atoms with Crippen LogP contribution < -0.4 is 0 Å². The first-order valence-electron chi connectivity index (χ1n) is 8.74. The molecule has 0 saturated carbocycles. The normalized spacial score (nSPS) is 10.8. The molecule has 0 radical (unpaired) electrons. The lowest BCUT2D eigenvalue weighted by molar-refractivity contribution is -0.143. The maximum Gasteiger partial charge on any atom is 0.397 e. The van der Waals surface area contributed by atoms with Gasteiger partial charge in [0, 0.05) is 0 Å². The summed E-state index contributed by atoms with van der Waals surface area (Å²) in [5.41, 5.74) is 0. The minimum Gasteiger partial charge on any atom is -0.481 e. The van der Waals surface area contributed by atoms with Crippen LogP contribution in [0.15, 0.2) is 0 Å². The number of rotatable bonds is 15. The Bertz CT molecular complexity index is 419. The zero-order chi connectivity index (χ0) is 19.6. The van der Waals surface area contributed by atoms with Gasteiger partial charge >= 0.3 is 22.3 Å². The molecule has 25 heavy (non-hydrogen) atoms. The summed E-state index contributed by atoms with van der Waals surface area (Å²) in [5, 5.41) is 15.8. The Kier molecular flexibility index (Phi) is 18.4. The number of carboxylic acids is 2. The van der Waals surface area contributed by atoms with Gasteiger partial charge in [-0.05, 0) is 6.42 Å². The summed E-state index contributed by atoms with van der Waals surface area (Å²) in [6, 6.07) is 0. The molecule has 0 atom stereocenters. The van der Waals surface area contributed by atoms with Gasteiger partial charge in [-0.25, -0.2) is 4.18 Å². The van der Waals surface area contributed by atoms with Gasteiger partial charge in [-0.1, -0.05) is 64.7 Å². The average Bonchev–Trinajstić information content (AvgIpc) is 2.50. The summed E-state index contributed by atoms with van der Waals surface area (Å²) >= 11 is 0. The zero-order valence-electron chi connectivity index (χ0n) is 15.0. The quantitative estimate of drug-likeness (QED) is 0.287. The minimum atomic E-state index is -4.23. The van der Waals surface area contributed by atoms with Gasteiger partial charge in [-0.2, -0.15) is 8.42 Å². The van der Waals surface area contributed by atoms with Crippen molar-refractivity contribution in [2.75, 3.05) is 6.61 Å². The highest BCUT2D eigenvalue weighted by atomic mass is 32.3. The second-order valence-electron chi connectivity index (χ2n) is 5.72. The fraction of sp³-hybridized carbons (Fsp3) is 0.875. The Balaban J connectivity index is 0. The fourth-order valence-electron chi connectivity index (χ4n) is 1.97. The lowest BCUT2D eigenvalue weighted by atomic mass is 10.1. The molecule has 0 spiro atoms. The SMILES string of the molecule is CCCCCCCCCCCCOS(=O)(=O)O.O=C(O)CCC(=O)O. The van der Waals surface area contributed by atoms with E-state index in [9.17, 15) is 18.0 Å². The van der Waals surface area contributed by atoms with E-state index in [0.29, 0.717) is 6.42 Å². The Labute approximate surface area is 150 Å². The molecular weight excluding hydrogens is 352 g/mol. The van der Waals surface area contributed by atoms with Crippen molar-refractivity contribution in [3.05, 3.63) is 0 Å². The molecule has 0 unspecified atom stereocenters. The second kappa shape index (κ2) is 17.6. The van der Waals surface area contributed by atoms with E-state index in [-0.39, 0.29) is 19.4 Å². The topological polar surface area (TPSA) is 138 Å². The van der Waals surface area contributed by atoms with E-state index in [4.69, 9.17) is 14.8 Å². The van der Waals surface area contributed by atoms with E-state index >= 15 is 0 Å². The molecule has 0 aliphatic rings. The largest absolute Gasteiger partial charge is 0.481 e. The summed E-state index contributed by atoms with van der Waals surface area (Å²) in [6.45, 7) is 2.31. The van der Waals surface area contributed by atoms with Gasteiger partial charge in [0.15, 0.2) is 0 Å². The van der Waals surface area contributed by atoms with Crippen LogP contribution in [0.5, 0.6) is 0 Å². The van der Waals surface area contributed by atoms with Crippen molar-refractivity contribution in [1.29, 1.82) is 0 Å². The van der Waals surface area contributed by atoms with Crippen LogP contribution in [0, 0.1) is 0 Å². The minimum absolute atomic E-state index is 0.0926.